The maximum Gasteiger partial charge on any atom is 0.0461 e. The Morgan fingerprint density at radius 3 is 1.83 bits per heavy atom. The average Bonchev–Trinajstić information content (AvgIpc) is 4.14. The summed E-state index contributed by atoms with van der Waals surface area (Å²) in [6, 6.07) is 65.7. The second-order valence-electron chi connectivity index (χ2n) is 21.0. The molecular formula is C79H78NP. The van der Waals surface area contributed by atoms with Crippen LogP contribution in [0.15, 0.2) is 309 Å². The van der Waals surface area contributed by atoms with Crippen LogP contribution >= 0.6 is 8.19 Å². The summed E-state index contributed by atoms with van der Waals surface area (Å²) in [6.45, 7) is 16.8. The van der Waals surface area contributed by atoms with Gasteiger partial charge in [-0.1, -0.05) is 255 Å². The molecule has 2 heteroatoms. The molecule has 0 aliphatic heterocycles. The van der Waals surface area contributed by atoms with E-state index >= 15 is 0 Å². The molecule has 0 saturated carbocycles. The van der Waals surface area contributed by atoms with Gasteiger partial charge in [0.25, 0.3) is 0 Å². The third-order valence-electron chi connectivity index (χ3n) is 14.5. The molecule has 81 heavy (non-hydrogen) atoms. The lowest BCUT2D eigenvalue weighted by atomic mass is 9.93. The number of allylic oxidation sites excluding steroid dienone is 20. The topological polar surface area (TPSA) is 3.24 Å². The van der Waals surface area contributed by atoms with Gasteiger partial charge in [0.15, 0.2) is 0 Å². The first-order valence-corrected chi connectivity index (χ1v) is 29.7. The van der Waals surface area contributed by atoms with Crippen molar-refractivity contribution in [2.45, 2.75) is 67.2 Å². The fourth-order valence-electron chi connectivity index (χ4n) is 9.75. The van der Waals surface area contributed by atoms with E-state index in [0.29, 0.717) is 5.92 Å². The maximum absolute atomic E-state index is 3.73. The molecule has 1 heterocycles. The largest absolute Gasteiger partial charge is 0.311 e. The van der Waals surface area contributed by atoms with Crippen LogP contribution in [0.25, 0.3) is 50.1 Å². The Morgan fingerprint density at radius 2 is 1.20 bits per heavy atom. The zero-order valence-corrected chi connectivity index (χ0v) is 49.3. The standard InChI is InChI=1S/C42H40NP.C26H24.C11H14/c1-31-13-16-36(17-14-31)38-20-25-40(26-21-38)43(39-23-18-37(19-24-39)35-10-5-4-6-11-35)41(22-15-34-27-28-44-30-34)29-33(3)42-12-8-7-9-32(42)2;1-4-5-7-10-21(3)24-17-25(22-11-8-6-9-12-22)19-26(18-24)23-15-13-20(2)14-16-23;1-11-9-7-5-3-2-4-6-8-10-11/h4-13,16-31,44H,14-15H2,1-3H3;4-19H,1H2,2-3H3;2-3,5-8,10H,4,9H2,1H3/b33-29+,41-22+;7-5-,21-10+;3-2-,7-5-,8-6-,11-10-. The number of aryl methyl sites for hydroxylation is 2. The Labute approximate surface area is 487 Å². The minimum atomic E-state index is 0.605. The van der Waals surface area contributed by atoms with Crippen molar-refractivity contribution in [1.29, 1.82) is 0 Å². The quantitative estimate of drug-likeness (QED) is 0.0981. The van der Waals surface area contributed by atoms with Crippen LogP contribution in [0.2, 0.25) is 0 Å². The van der Waals surface area contributed by atoms with Crippen molar-refractivity contribution >= 4 is 36.3 Å². The monoisotopic (exact) mass is 1070 g/mol. The first-order valence-electron chi connectivity index (χ1n) is 28.5. The number of rotatable bonds is 14. The lowest BCUT2D eigenvalue weighted by Crippen LogP contribution is -2.16. The molecule has 0 N–H and O–H groups in total. The number of anilines is 2. The highest BCUT2D eigenvalue weighted by Gasteiger charge is 2.17. The predicted octanol–water partition coefficient (Wildman–Crippen LogP) is 22.9. The summed E-state index contributed by atoms with van der Waals surface area (Å²) in [7, 11) is 0.776. The summed E-state index contributed by atoms with van der Waals surface area (Å²) >= 11 is 0. The molecule has 10 rings (SSSR count). The molecule has 0 bridgehead atoms. The zero-order valence-electron chi connectivity index (χ0n) is 48.3. The van der Waals surface area contributed by atoms with Gasteiger partial charge in [-0.05, 0) is 204 Å². The normalized spacial score (nSPS) is 16.4. The molecular weight excluding hydrogens is 994 g/mol. The Hall–Kier alpha value is -8.74. The van der Waals surface area contributed by atoms with E-state index in [9.17, 15) is 0 Å². The van der Waals surface area contributed by atoms with Gasteiger partial charge in [0.1, 0.15) is 0 Å². The van der Waals surface area contributed by atoms with Crippen LogP contribution < -0.4 is 4.90 Å². The highest BCUT2D eigenvalue weighted by Crippen LogP contribution is 2.37. The Balaban J connectivity index is 0.000000195. The van der Waals surface area contributed by atoms with E-state index in [1.807, 2.05) is 12.2 Å². The zero-order chi connectivity index (χ0) is 56.6. The van der Waals surface area contributed by atoms with Crippen LogP contribution in [0.5, 0.6) is 0 Å². The smallest absolute Gasteiger partial charge is 0.0461 e. The molecule has 2 aliphatic rings. The molecule has 2 aliphatic carbocycles. The fraction of sp³-hybridized carbons (Fsp3) is 0.139. The molecule has 0 fully saturated rings. The Kier molecular flexibility index (Phi) is 22.0. The van der Waals surface area contributed by atoms with Gasteiger partial charge in [-0.15, -0.1) is 8.19 Å². The lowest BCUT2D eigenvalue weighted by Gasteiger charge is -2.28. The molecule has 1 nitrogen and oxygen atoms in total. The van der Waals surface area contributed by atoms with Gasteiger partial charge in [0.05, 0.1) is 0 Å². The van der Waals surface area contributed by atoms with E-state index in [4.69, 9.17) is 0 Å². The van der Waals surface area contributed by atoms with Gasteiger partial charge in [-0.3, -0.25) is 0 Å². The molecule has 0 saturated heterocycles. The molecule has 1 aromatic heterocycles. The van der Waals surface area contributed by atoms with Crippen LogP contribution in [0.3, 0.4) is 0 Å². The molecule has 0 spiro atoms. The maximum atomic E-state index is 3.73. The molecule has 0 amide bonds. The lowest BCUT2D eigenvalue weighted by molar-refractivity contribution is 0.739. The number of hydrogen-bond acceptors (Lipinski definition) is 1. The van der Waals surface area contributed by atoms with Crippen molar-refractivity contribution in [1.82, 2.24) is 0 Å². The van der Waals surface area contributed by atoms with E-state index in [2.05, 4.69) is 326 Å². The van der Waals surface area contributed by atoms with Crippen molar-refractivity contribution in [3.05, 3.63) is 342 Å². The summed E-state index contributed by atoms with van der Waals surface area (Å²) in [4.78, 5) is 2.41. The van der Waals surface area contributed by atoms with Crippen LogP contribution in [-0.4, -0.2) is 0 Å². The minimum Gasteiger partial charge on any atom is -0.311 e. The van der Waals surface area contributed by atoms with E-state index in [-0.39, 0.29) is 0 Å². The van der Waals surface area contributed by atoms with Gasteiger partial charge >= 0.3 is 0 Å². The van der Waals surface area contributed by atoms with Crippen molar-refractivity contribution in [2.24, 2.45) is 5.92 Å². The van der Waals surface area contributed by atoms with Gasteiger partial charge < -0.3 is 4.90 Å². The van der Waals surface area contributed by atoms with Crippen molar-refractivity contribution in [3.63, 3.8) is 0 Å². The first kappa shape index (κ1) is 58.4. The van der Waals surface area contributed by atoms with E-state index < -0.39 is 0 Å². The third-order valence-corrected chi connectivity index (χ3v) is 15.4. The van der Waals surface area contributed by atoms with E-state index in [1.165, 1.54) is 94.8 Å². The molecule has 8 aromatic rings. The predicted molar refractivity (Wildman–Crippen MR) is 359 cm³/mol. The summed E-state index contributed by atoms with van der Waals surface area (Å²) < 4.78 is 0. The van der Waals surface area contributed by atoms with Crippen LogP contribution in [0.1, 0.15) is 80.3 Å². The van der Waals surface area contributed by atoms with Crippen molar-refractivity contribution in [2.75, 3.05) is 4.90 Å². The summed E-state index contributed by atoms with van der Waals surface area (Å²) in [5, 5.41) is 0. The van der Waals surface area contributed by atoms with Crippen LogP contribution in [0, 0.1) is 19.8 Å². The van der Waals surface area contributed by atoms with Gasteiger partial charge in [-0.25, -0.2) is 0 Å². The average molecular weight is 1070 g/mol. The molecule has 2 unspecified atom stereocenters. The highest BCUT2D eigenvalue weighted by molar-refractivity contribution is 7.28. The van der Waals surface area contributed by atoms with Crippen molar-refractivity contribution in [3.8, 4) is 33.4 Å². The SMILES string of the molecule is C/C(=C\C(=C/Cc1cc[pH]c1)N(c1ccc(C2=CCC(C)C=C2)cc1)c1ccc(-c2ccccc2)cc1)c1ccccc1C.C/C1=C/C=C\C/C=C\C=C/C1.C=C/C=C\C=C(/C)c1cc(-c2ccccc2)cc(-c2ccc(C)cc2)c1. The van der Waals surface area contributed by atoms with Crippen LogP contribution in [0.4, 0.5) is 11.4 Å². The first-order chi connectivity index (χ1) is 39.6. The Morgan fingerprint density at radius 1 is 0.605 bits per heavy atom. The number of benzene rings is 7. The molecule has 2 atom stereocenters. The second-order valence-corrected chi connectivity index (χ2v) is 21.9. The number of nitrogens with zero attached hydrogens (tertiary/aromatic N) is 1. The fourth-order valence-corrected chi connectivity index (χ4v) is 10.6. The van der Waals surface area contributed by atoms with Crippen LogP contribution in [-0.2, 0) is 6.42 Å². The van der Waals surface area contributed by atoms with E-state index in [1.54, 1.807) is 6.08 Å². The van der Waals surface area contributed by atoms with Gasteiger partial charge in [0.2, 0.25) is 0 Å². The van der Waals surface area contributed by atoms with Gasteiger partial charge in [0, 0.05) is 17.1 Å². The summed E-state index contributed by atoms with van der Waals surface area (Å²) in [6.07, 6.45) is 38.7. The van der Waals surface area contributed by atoms with Crippen molar-refractivity contribution < 1.29 is 0 Å². The Bertz CT molecular complexity index is 3600. The number of hydrogen-bond donors (Lipinski definition) is 0. The summed E-state index contributed by atoms with van der Waals surface area (Å²) in [5.41, 5.74) is 23.8. The van der Waals surface area contributed by atoms with Gasteiger partial charge in [-0.2, -0.15) is 0 Å². The summed E-state index contributed by atoms with van der Waals surface area (Å²) in [5.74, 6) is 5.23. The third kappa shape index (κ3) is 17.6. The molecule has 0 radical (unpaired) electrons. The second kappa shape index (κ2) is 30.6. The van der Waals surface area contributed by atoms with E-state index in [0.717, 1.165) is 45.3 Å². The highest BCUT2D eigenvalue weighted by atomic mass is 31.0. The molecule has 7 aromatic carbocycles. The molecule has 404 valence electrons. The minimum absolute atomic E-state index is 0.605.